The summed E-state index contributed by atoms with van der Waals surface area (Å²) >= 11 is 2.36. The molecule has 0 saturated carbocycles. The smallest absolute Gasteiger partial charge is 0.272 e. The molecule has 1 aromatic heterocycles. The Morgan fingerprint density at radius 3 is 2.19 bits per heavy atom. The summed E-state index contributed by atoms with van der Waals surface area (Å²) in [5, 5.41) is 5.08. The molecule has 0 atom stereocenters. The lowest BCUT2D eigenvalue weighted by molar-refractivity contribution is 0.0959. The second kappa shape index (κ2) is 9.04. The van der Waals surface area contributed by atoms with Crippen molar-refractivity contribution in [3.05, 3.63) is 40.1 Å². The third-order valence-electron chi connectivity index (χ3n) is 3.48. The van der Waals surface area contributed by atoms with E-state index in [9.17, 15) is 22.8 Å². The van der Waals surface area contributed by atoms with E-state index in [-0.39, 0.29) is 32.9 Å². The van der Waals surface area contributed by atoms with Crippen molar-refractivity contribution in [3.8, 4) is 0 Å². The van der Waals surface area contributed by atoms with E-state index in [0.29, 0.717) is 4.34 Å². The Kier molecular flexibility index (Phi) is 7.04. The molecule has 140 valence electrons. The van der Waals surface area contributed by atoms with E-state index in [4.69, 9.17) is 0 Å². The zero-order valence-corrected chi connectivity index (χ0v) is 15.6. The van der Waals surface area contributed by atoms with Gasteiger partial charge in [-0.15, -0.1) is 0 Å². The van der Waals surface area contributed by atoms with Crippen molar-refractivity contribution in [2.24, 2.45) is 0 Å². The minimum atomic E-state index is -1.05. The summed E-state index contributed by atoms with van der Waals surface area (Å²) in [6.45, 7) is -3.00. The molecule has 5 nitrogen and oxygen atoms in total. The summed E-state index contributed by atoms with van der Waals surface area (Å²) in [7, 11) is 1.42. The van der Waals surface area contributed by atoms with Gasteiger partial charge in [0.1, 0.15) is 25.0 Å². The summed E-state index contributed by atoms with van der Waals surface area (Å²) in [6.07, 6.45) is 1.76. The molecule has 26 heavy (non-hydrogen) atoms. The number of aromatic nitrogens is 1. The number of benzene rings is 1. The van der Waals surface area contributed by atoms with Crippen LogP contribution in [0.2, 0.25) is 0 Å². The van der Waals surface area contributed by atoms with Crippen LogP contribution in [-0.4, -0.2) is 30.1 Å². The third kappa shape index (κ3) is 4.18. The number of anilines is 1. The first-order valence-electron chi connectivity index (χ1n) is 7.39. The number of rotatable bonds is 7. The van der Waals surface area contributed by atoms with Crippen LogP contribution in [0.5, 0.6) is 0 Å². The monoisotopic (exact) mass is 403 g/mol. The molecule has 0 fully saturated rings. The van der Waals surface area contributed by atoms with Crippen LogP contribution in [0.1, 0.15) is 37.5 Å². The predicted molar refractivity (Wildman–Crippen MR) is 96.1 cm³/mol. The Morgan fingerprint density at radius 1 is 1.12 bits per heavy atom. The van der Waals surface area contributed by atoms with Crippen molar-refractivity contribution in [1.82, 2.24) is 10.3 Å². The van der Waals surface area contributed by atoms with E-state index in [1.807, 2.05) is 0 Å². The Labute approximate surface area is 156 Å². The van der Waals surface area contributed by atoms with Gasteiger partial charge in [-0.3, -0.25) is 9.59 Å². The molecule has 0 saturated heterocycles. The molecule has 0 radical (unpaired) electrons. The molecular formula is C16H16F3N3O2S2. The van der Waals surface area contributed by atoms with Gasteiger partial charge >= 0.3 is 0 Å². The number of amides is 2. The number of nitrogens with one attached hydrogen (secondary N) is 2. The van der Waals surface area contributed by atoms with Gasteiger partial charge in [0.15, 0.2) is 10.0 Å². The van der Waals surface area contributed by atoms with Gasteiger partial charge in [-0.05, 0) is 35.1 Å². The molecule has 2 rings (SSSR count). The number of thioether (sulfide) groups is 1. The van der Waals surface area contributed by atoms with Crippen LogP contribution in [0, 0.1) is 0 Å². The maximum Gasteiger partial charge on any atom is 0.272 e. The summed E-state index contributed by atoms with van der Waals surface area (Å²) in [5.41, 5.74) is -0.313. The number of nitrogens with zero attached hydrogens (tertiary/aromatic N) is 1. The average Bonchev–Trinajstić information content (AvgIpc) is 3.08. The fourth-order valence-electron chi connectivity index (χ4n) is 2.33. The Morgan fingerprint density at radius 2 is 1.73 bits per heavy atom. The highest BCUT2D eigenvalue weighted by Crippen LogP contribution is 2.31. The van der Waals surface area contributed by atoms with E-state index in [1.54, 1.807) is 6.26 Å². The largest absolute Gasteiger partial charge is 0.354 e. The standard InChI is InChI=1S/C16H16F3N3O2S2/c1-20-14(24)12-15(26-16(21-12)25-2)22-13(23)11-9(6-18)3-8(5-17)4-10(11)7-19/h3-4H,5-7H2,1-2H3,(H,20,24)(H,22,23). The number of carbonyl (C=O) groups excluding carboxylic acids is 2. The summed E-state index contributed by atoms with van der Waals surface area (Å²) in [6, 6.07) is 2.38. The van der Waals surface area contributed by atoms with Crippen LogP contribution in [0.3, 0.4) is 0 Å². The molecule has 1 aromatic carbocycles. The van der Waals surface area contributed by atoms with Crippen LogP contribution in [0.15, 0.2) is 16.5 Å². The van der Waals surface area contributed by atoms with Gasteiger partial charge < -0.3 is 10.6 Å². The van der Waals surface area contributed by atoms with Gasteiger partial charge in [0.2, 0.25) is 0 Å². The molecule has 0 spiro atoms. The molecule has 0 aliphatic heterocycles. The van der Waals surface area contributed by atoms with Crippen LogP contribution in [0.25, 0.3) is 0 Å². The molecule has 2 N–H and O–H groups in total. The van der Waals surface area contributed by atoms with Crippen LogP contribution < -0.4 is 10.6 Å². The second-order valence-corrected chi connectivity index (χ2v) is 7.14. The van der Waals surface area contributed by atoms with Crippen molar-refractivity contribution in [3.63, 3.8) is 0 Å². The number of hydrogen-bond acceptors (Lipinski definition) is 5. The van der Waals surface area contributed by atoms with Crippen LogP contribution >= 0.6 is 23.1 Å². The molecule has 0 unspecified atom stereocenters. The fraction of sp³-hybridized carbons (Fsp3) is 0.312. The lowest BCUT2D eigenvalue weighted by atomic mass is 9.98. The van der Waals surface area contributed by atoms with Crippen molar-refractivity contribution < 1.29 is 22.8 Å². The summed E-state index contributed by atoms with van der Waals surface area (Å²) in [5.74, 6) is -1.28. The van der Waals surface area contributed by atoms with Gasteiger partial charge in [0, 0.05) is 7.05 Å². The SMILES string of the molecule is CNC(=O)c1nc(SC)sc1NC(=O)c1c(CF)cc(CF)cc1CF. The van der Waals surface area contributed by atoms with Crippen LogP contribution in [-0.2, 0) is 20.0 Å². The van der Waals surface area contributed by atoms with E-state index < -0.39 is 31.8 Å². The first kappa shape index (κ1) is 20.2. The molecule has 2 amide bonds. The van der Waals surface area contributed by atoms with Crippen molar-refractivity contribution >= 4 is 39.9 Å². The van der Waals surface area contributed by atoms with E-state index >= 15 is 0 Å². The second-order valence-electron chi connectivity index (χ2n) is 5.08. The van der Waals surface area contributed by atoms with Crippen molar-refractivity contribution in [2.45, 2.75) is 24.4 Å². The topological polar surface area (TPSA) is 71.1 Å². The van der Waals surface area contributed by atoms with Gasteiger partial charge in [-0.2, -0.15) is 0 Å². The minimum absolute atomic E-state index is 0.0131. The maximum atomic E-state index is 13.3. The third-order valence-corrected chi connectivity index (χ3v) is 5.44. The lowest BCUT2D eigenvalue weighted by Gasteiger charge is -2.13. The molecule has 0 aliphatic rings. The highest BCUT2D eigenvalue weighted by Gasteiger charge is 2.23. The zero-order chi connectivity index (χ0) is 19.3. The number of alkyl halides is 3. The lowest BCUT2D eigenvalue weighted by Crippen LogP contribution is -2.22. The summed E-state index contributed by atoms with van der Waals surface area (Å²) in [4.78, 5) is 28.7. The van der Waals surface area contributed by atoms with Crippen LogP contribution in [0.4, 0.5) is 18.2 Å². The predicted octanol–water partition coefficient (Wildman–Crippen LogP) is 3.89. The number of carbonyl (C=O) groups is 2. The Hall–Kier alpha value is -2.07. The zero-order valence-electron chi connectivity index (χ0n) is 14.0. The minimum Gasteiger partial charge on any atom is -0.354 e. The molecular weight excluding hydrogens is 387 g/mol. The van der Waals surface area contributed by atoms with Crippen molar-refractivity contribution in [2.75, 3.05) is 18.6 Å². The maximum absolute atomic E-state index is 13.3. The van der Waals surface area contributed by atoms with Gasteiger partial charge in [-0.1, -0.05) is 23.1 Å². The highest BCUT2D eigenvalue weighted by atomic mass is 32.2. The normalized spacial score (nSPS) is 10.7. The fourth-order valence-corrected chi connectivity index (χ4v) is 3.79. The first-order chi connectivity index (χ1) is 12.5. The molecule has 1 heterocycles. The van der Waals surface area contributed by atoms with Gasteiger partial charge in [0.05, 0.1) is 5.56 Å². The van der Waals surface area contributed by atoms with E-state index in [1.165, 1.54) is 30.9 Å². The number of hydrogen-bond donors (Lipinski definition) is 2. The van der Waals surface area contributed by atoms with Gasteiger partial charge in [0.25, 0.3) is 11.8 Å². The van der Waals surface area contributed by atoms with E-state index in [2.05, 4.69) is 15.6 Å². The molecule has 0 bridgehead atoms. The molecule has 0 aliphatic carbocycles. The van der Waals surface area contributed by atoms with Crippen molar-refractivity contribution in [1.29, 1.82) is 0 Å². The highest BCUT2D eigenvalue weighted by molar-refractivity contribution is 8.00. The number of thiazole rings is 1. The Balaban J connectivity index is 2.45. The first-order valence-corrected chi connectivity index (χ1v) is 9.43. The van der Waals surface area contributed by atoms with E-state index in [0.717, 1.165) is 11.3 Å². The molecule has 2 aromatic rings. The quantitative estimate of drug-likeness (QED) is 0.688. The number of halogens is 3. The van der Waals surface area contributed by atoms with Gasteiger partial charge in [-0.25, -0.2) is 18.2 Å². The molecule has 10 heteroatoms. The Bertz CT molecular complexity index is 802. The summed E-state index contributed by atoms with van der Waals surface area (Å²) < 4.78 is 40.1. The average molecular weight is 403 g/mol.